The van der Waals surface area contributed by atoms with Gasteiger partial charge in [-0.2, -0.15) is 0 Å². The van der Waals surface area contributed by atoms with E-state index in [1.807, 2.05) is 12.3 Å². The van der Waals surface area contributed by atoms with Crippen molar-refractivity contribution in [3.05, 3.63) is 16.3 Å². The highest BCUT2D eigenvalue weighted by atomic mass is 32.1. The number of carbonyl (C=O) groups is 3. The van der Waals surface area contributed by atoms with Gasteiger partial charge in [-0.15, -0.1) is 11.3 Å². The first-order valence-corrected chi connectivity index (χ1v) is 11.8. The van der Waals surface area contributed by atoms with Crippen LogP contribution >= 0.6 is 11.3 Å². The number of hydrogen-bond donors (Lipinski definition) is 3. The van der Waals surface area contributed by atoms with Crippen LogP contribution in [0.3, 0.4) is 0 Å². The molecule has 0 aliphatic carbocycles. The Balaban J connectivity index is 1.63. The van der Waals surface area contributed by atoms with Crippen LogP contribution in [0.4, 0.5) is 4.79 Å². The van der Waals surface area contributed by atoms with E-state index in [4.69, 9.17) is 9.47 Å². The predicted molar refractivity (Wildman–Crippen MR) is 118 cm³/mol. The van der Waals surface area contributed by atoms with Gasteiger partial charge >= 0.3 is 6.09 Å². The lowest BCUT2D eigenvalue weighted by Crippen LogP contribution is -2.64. The van der Waals surface area contributed by atoms with Crippen molar-refractivity contribution >= 4 is 29.2 Å². The molecule has 0 unspecified atom stereocenters. The molecule has 0 spiro atoms. The fourth-order valence-corrected chi connectivity index (χ4v) is 4.74. The molecule has 172 valence electrons. The third kappa shape index (κ3) is 5.68. The Bertz CT molecular complexity index is 770. The molecule has 2 fully saturated rings. The molecule has 1 aromatic rings. The maximum atomic E-state index is 13.3. The van der Waals surface area contributed by atoms with Crippen molar-refractivity contribution in [1.29, 1.82) is 0 Å². The van der Waals surface area contributed by atoms with Crippen LogP contribution in [-0.2, 0) is 9.53 Å². The van der Waals surface area contributed by atoms with Gasteiger partial charge in [0.1, 0.15) is 16.2 Å². The van der Waals surface area contributed by atoms with Gasteiger partial charge in [-0.25, -0.2) is 4.79 Å². The van der Waals surface area contributed by atoms with Crippen molar-refractivity contribution in [2.45, 2.75) is 51.1 Å². The molecule has 3 N–H and O–H groups in total. The summed E-state index contributed by atoms with van der Waals surface area (Å²) in [4.78, 5) is 40.4. The first-order valence-electron chi connectivity index (χ1n) is 10.9. The quantitative estimate of drug-likeness (QED) is 0.581. The molecule has 10 heteroatoms. The summed E-state index contributed by atoms with van der Waals surface area (Å²) in [6.07, 6.45) is 2.04. The summed E-state index contributed by atoms with van der Waals surface area (Å²) in [6, 6.07) is 1.73. The van der Waals surface area contributed by atoms with Gasteiger partial charge in [-0.3, -0.25) is 9.59 Å². The molecule has 0 saturated carbocycles. The van der Waals surface area contributed by atoms with E-state index < -0.39 is 5.54 Å². The van der Waals surface area contributed by atoms with Crippen molar-refractivity contribution in [3.8, 4) is 5.75 Å². The molecule has 0 aromatic carbocycles. The topological polar surface area (TPSA) is 109 Å². The van der Waals surface area contributed by atoms with E-state index in [-0.39, 0.29) is 23.9 Å². The molecule has 3 amide bonds. The average Bonchev–Trinajstić information content (AvgIpc) is 3.24. The van der Waals surface area contributed by atoms with E-state index >= 15 is 0 Å². The number of hydrogen-bond acceptors (Lipinski definition) is 7. The summed E-state index contributed by atoms with van der Waals surface area (Å²) in [6.45, 7) is 6.85. The zero-order valence-corrected chi connectivity index (χ0v) is 19.0. The van der Waals surface area contributed by atoms with E-state index in [1.165, 1.54) is 11.3 Å². The SMILES string of the molecule is CCOC(=O)N1CCC(NC(=O)C2(NC(=O)c3sccc3OCC)CCNCC2)CC1. The summed E-state index contributed by atoms with van der Waals surface area (Å²) in [5, 5.41) is 11.2. The number of thiophene rings is 1. The van der Waals surface area contributed by atoms with Gasteiger partial charge in [0, 0.05) is 19.1 Å². The van der Waals surface area contributed by atoms with Crippen LogP contribution in [0.2, 0.25) is 0 Å². The van der Waals surface area contributed by atoms with Crippen molar-refractivity contribution in [2.24, 2.45) is 0 Å². The highest BCUT2D eigenvalue weighted by Crippen LogP contribution is 2.27. The van der Waals surface area contributed by atoms with Crippen molar-refractivity contribution in [3.63, 3.8) is 0 Å². The standard InChI is InChI=1S/C21H32N4O5S/c1-3-29-16-7-14-31-17(16)18(26)24-21(8-10-22-11-9-21)19(27)23-15-5-12-25(13-6-15)20(28)30-4-2/h7,14-15,22H,3-6,8-13H2,1-2H3,(H,23,27)(H,24,26). The van der Waals surface area contributed by atoms with Crippen molar-refractivity contribution < 1.29 is 23.9 Å². The summed E-state index contributed by atoms with van der Waals surface area (Å²) >= 11 is 1.31. The van der Waals surface area contributed by atoms with E-state index in [0.29, 0.717) is 75.7 Å². The minimum atomic E-state index is -0.964. The number of nitrogens with zero attached hydrogens (tertiary/aromatic N) is 1. The number of ether oxygens (including phenoxy) is 2. The molecule has 31 heavy (non-hydrogen) atoms. The van der Waals surface area contributed by atoms with Crippen molar-refractivity contribution in [1.82, 2.24) is 20.9 Å². The van der Waals surface area contributed by atoms with Crippen LogP contribution in [0.1, 0.15) is 49.2 Å². The van der Waals surface area contributed by atoms with Gasteiger partial charge in [0.05, 0.1) is 13.2 Å². The zero-order valence-electron chi connectivity index (χ0n) is 18.2. The Morgan fingerprint density at radius 2 is 1.90 bits per heavy atom. The average molecular weight is 453 g/mol. The Labute approximate surface area is 186 Å². The monoisotopic (exact) mass is 452 g/mol. The molecule has 0 atom stereocenters. The van der Waals surface area contributed by atoms with Gasteiger partial charge < -0.3 is 30.3 Å². The Hall–Kier alpha value is -2.33. The minimum Gasteiger partial charge on any atom is -0.492 e. The van der Waals surface area contributed by atoms with Gasteiger partial charge in [-0.05, 0) is 64.1 Å². The molecule has 2 saturated heterocycles. The van der Waals surface area contributed by atoms with Crippen LogP contribution in [0.25, 0.3) is 0 Å². The highest BCUT2D eigenvalue weighted by Gasteiger charge is 2.42. The third-order valence-electron chi connectivity index (χ3n) is 5.74. The number of amides is 3. The largest absolute Gasteiger partial charge is 0.492 e. The van der Waals surface area contributed by atoms with Crippen LogP contribution < -0.4 is 20.7 Å². The Morgan fingerprint density at radius 1 is 1.19 bits per heavy atom. The second-order valence-corrected chi connectivity index (χ2v) is 8.68. The lowest BCUT2D eigenvalue weighted by atomic mass is 9.86. The first-order chi connectivity index (χ1) is 15.0. The van der Waals surface area contributed by atoms with Crippen LogP contribution in [-0.4, -0.2) is 73.8 Å². The Kier molecular flexibility index (Phi) is 8.14. The number of nitrogens with one attached hydrogen (secondary N) is 3. The molecule has 3 heterocycles. The highest BCUT2D eigenvalue weighted by molar-refractivity contribution is 7.12. The van der Waals surface area contributed by atoms with E-state index in [9.17, 15) is 14.4 Å². The molecule has 1 aromatic heterocycles. The molecular formula is C21H32N4O5S. The predicted octanol–water partition coefficient (Wildman–Crippen LogP) is 1.74. The van der Waals surface area contributed by atoms with Crippen LogP contribution in [0, 0.1) is 0 Å². The normalized spacial score (nSPS) is 18.8. The number of rotatable bonds is 7. The molecular weight excluding hydrogens is 420 g/mol. The second kappa shape index (κ2) is 10.8. The second-order valence-electron chi connectivity index (χ2n) is 7.77. The summed E-state index contributed by atoms with van der Waals surface area (Å²) in [5.74, 6) is 0.0971. The van der Waals surface area contributed by atoms with Gasteiger partial charge in [0.2, 0.25) is 5.91 Å². The minimum absolute atomic E-state index is 0.0393. The number of carbonyl (C=O) groups excluding carboxylic acids is 3. The van der Waals surface area contributed by atoms with Crippen molar-refractivity contribution in [2.75, 3.05) is 39.4 Å². The lowest BCUT2D eigenvalue weighted by molar-refractivity contribution is -0.129. The van der Waals surface area contributed by atoms with E-state index in [2.05, 4.69) is 16.0 Å². The molecule has 0 radical (unpaired) electrons. The summed E-state index contributed by atoms with van der Waals surface area (Å²) in [7, 11) is 0. The molecule has 2 aliphatic rings. The summed E-state index contributed by atoms with van der Waals surface area (Å²) in [5.41, 5.74) is -0.964. The first kappa shape index (κ1) is 23.3. The fraction of sp³-hybridized carbons (Fsp3) is 0.667. The Morgan fingerprint density at radius 3 is 2.55 bits per heavy atom. The van der Waals surface area contributed by atoms with Gasteiger partial charge in [0.15, 0.2) is 0 Å². The summed E-state index contributed by atoms with van der Waals surface area (Å²) < 4.78 is 10.6. The lowest BCUT2D eigenvalue weighted by Gasteiger charge is -2.39. The van der Waals surface area contributed by atoms with Gasteiger partial charge in [-0.1, -0.05) is 0 Å². The maximum Gasteiger partial charge on any atom is 0.409 e. The van der Waals surface area contributed by atoms with E-state index in [1.54, 1.807) is 17.9 Å². The third-order valence-corrected chi connectivity index (χ3v) is 6.63. The molecule has 0 bridgehead atoms. The zero-order chi connectivity index (χ0) is 22.3. The molecule has 9 nitrogen and oxygen atoms in total. The van der Waals surface area contributed by atoms with Crippen LogP contribution in [0.5, 0.6) is 5.75 Å². The number of likely N-dealkylation sites (tertiary alicyclic amines) is 1. The van der Waals surface area contributed by atoms with Crippen LogP contribution in [0.15, 0.2) is 11.4 Å². The maximum absolute atomic E-state index is 13.3. The fourth-order valence-electron chi connectivity index (χ4n) is 4.01. The molecule has 2 aliphatic heterocycles. The smallest absolute Gasteiger partial charge is 0.409 e. The van der Waals surface area contributed by atoms with E-state index in [0.717, 1.165) is 0 Å². The number of piperidine rings is 2. The molecule has 3 rings (SSSR count). The van der Waals surface area contributed by atoms with Gasteiger partial charge in [0.25, 0.3) is 5.91 Å².